The van der Waals surface area contributed by atoms with E-state index in [9.17, 15) is 9.59 Å². The lowest BCUT2D eigenvalue weighted by Crippen LogP contribution is -2.37. The van der Waals surface area contributed by atoms with Crippen LogP contribution in [0.5, 0.6) is 0 Å². The normalized spacial score (nSPS) is 10.4. The summed E-state index contributed by atoms with van der Waals surface area (Å²) in [7, 11) is 0. The van der Waals surface area contributed by atoms with Gasteiger partial charge in [0.1, 0.15) is 0 Å². The third-order valence-corrected chi connectivity index (χ3v) is 3.18. The number of hydrogen-bond acceptors (Lipinski definition) is 2. The average Bonchev–Trinajstić information content (AvgIpc) is 2.35. The maximum absolute atomic E-state index is 11.8. The van der Waals surface area contributed by atoms with Crippen LogP contribution in [-0.2, 0) is 4.79 Å². The van der Waals surface area contributed by atoms with Gasteiger partial charge in [0, 0.05) is 11.6 Å². The molecule has 1 aromatic carbocycles. The Balaban J connectivity index is 2.41. The molecule has 0 spiro atoms. The summed E-state index contributed by atoms with van der Waals surface area (Å²) in [6.07, 6.45) is 0.905. The zero-order valence-electron chi connectivity index (χ0n) is 11.5. The molecule has 0 atom stereocenters. The second-order valence-corrected chi connectivity index (χ2v) is 5.68. The van der Waals surface area contributed by atoms with Crippen molar-refractivity contribution in [2.24, 2.45) is 5.92 Å². The second kappa shape index (κ2) is 8.12. The van der Waals surface area contributed by atoms with Crippen molar-refractivity contribution in [3.63, 3.8) is 0 Å². The first-order chi connectivity index (χ1) is 9.40. The Bertz CT molecular complexity index is 490. The van der Waals surface area contributed by atoms with Crippen LogP contribution < -0.4 is 10.6 Å². The summed E-state index contributed by atoms with van der Waals surface area (Å²) in [6, 6.07) is 4.59. The Morgan fingerprint density at radius 3 is 2.50 bits per heavy atom. The van der Waals surface area contributed by atoms with Gasteiger partial charge in [-0.1, -0.05) is 37.0 Å². The van der Waals surface area contributed by atoms with E-state index in [0.717, 1.165) is 6.42 Å². The molecular weight excluding hydrogens is 299 g/mol. The standard InChI is InChI=1S/C14H18Cl2N2O2/c1-9(2)5-6-17-13(19)8-18-14(20)11-4-3-10(15)7-12(11)16/h3-4,7,9H,5-6,8H2,1-2H3,(H,17,19)(H,18,20). The maximum atomic E-state index is 11.8. The monoisotopic (exact) mass is 316 g/mol. The van der Waals surface area contributed by atoms with Gasteiger partial charge in [-0.15, -0.1) is 0 Å². The largest absolute Gasteiger partial charge is 0.355 e. The van der Waals surface area contributed by atoms with Gasteiger partial charge in [0.15, 0.2) is 0 Å². The van der Waals surface area contributed by atoms with Gasteiger partial charge in [-0.3, -0.25) is 9.59 Å². The topological polar surface area (TPSA) is 58.2 Å². The molecule has 2 N–H and O–H groups in total. The summed E-state index contributed by atoms with van der Waals surface area (Å²) in [6.45, 7) is 4.69. The third kappa shape index (κ3) is 5.80. The lowest BCUT2D eigenvalue weighted by Gasteiger charge is -2.09. The Morgan fingerprint density at radius 2 is 1.90 bits per heavy atom. The fraction of sp³-hybridized carbons (Fsp3) is 0.429. The van der Waals surface area contributed by atoms with Gasteiger partial charge in [0.2, 0.25) is 5.91 Å². The number of hydrogen-bond donors (Lipinski definition) is 2. The number of amides is 2. The van der Waals surface area contributed by atoms with Crippen LogP contribution >= 0.6 is 23.2 Å². The van der Waals surface area contributed by atoms with Gasteiger partial charge in [-0.25, -0.2) is 0 Å². The van der Waals surface area contributed by atoms with Crippen LogP contribution in [0.3, 0.4) is 0 Å². The van der Waals surface area contributed by atoms with Crippen LogP contribution in [0.25, 0.3) is 0 Å². The summed E-state index contributed by atoms with van der Waals surface area (Å²) in [5.41, 5.74) is 0.297. The predicted molar refractivity (Wildman–Crippen MR) is 81.3 cm³/mol. The van der Waals surface area contributed by atoms with Crippen molar-refractivity contribution in [1.29, 1.82) is 0 Å². The number of halogens is 2. The SMILES string of the molecule is CC(C)CCNC(=O)CNC(=O)c1ccc(Cl)cc1Cl. The molecule has 0 aliphatic heterocycles. The summed E-state index contributed by atoms with van der Waals surface area (Å²) in [5, 5.41) is 5.97. The van der Waals surface area contributed by atoms with Crippen LogP contribution in [0.4, 0.5) is 0 Å². The molecule has 110 valence electrons. The summed E-state index contributed by atoms with van der Waals surface area (Å²) < 4.78 is 0. The van der Waals surface area contributed by atoms with Gasteiger partial charge in [0.05, 0.1) is 17.1 Å². The van der Waals surface area contributed by atoms with Crippen LogP contribution in [0, 0.1) is 5.92 Å². The van der Waals surface area contributed by atoms with E-state index in [4.69, 9.17) is 23.2 Å². The highest BCUT2D eigenvalue weighted by Gasteiger charge is 2.11. The van der Waals surface area contributed by atoms with Gasteiger partial charge in [-0.2, -0.15) is 0 Å². The Morgan fingerprint density at radius 1 is 1.20 bits per heavy atom. The Labute approximate surface area is 128 Å². The molecular formula is C14H18Cl2N2O2. The number of nitrogens with one attached hydrogen (secondary N) is 2. The van der Waals surface area contributed by atoms with Crippen LogP contribution in [0.2, 0.25) is 10.0 Å². The van der Waals surface area contributed by atoms with Crippen molar-refractivity contribution in [1.82, 2.24) is 10.6 Å². The number of carbonyl (C=O) groups excluding carboxylic acids is 2. The van der Waals surface area contributed by atoms with Gasteiger partial charge in [-0.05, 0) is 30.5 Å². The Hall–Kier alpha value is -1.26. The smallest absolute Gasteiger partial charge is 0.253 e. The van der Waals surface area contributed by atoms with Crippen LogP contribution in [-0.4, -0.2) is 24.9 Å². The molecule has 0 aromatic heterocycles. The van der Waals surface area contributed by atoms with Crippen molar-refractivity contribution < 1.29 is 9.59 Å². The molecule has 2 amide bonds. The minimum atomic E-state index is -0.398. The molecule has 0 saturated heterocycles. The van der Waals surface area contributed by atoms with Gasteiger partial charge >= 0.3 is 0 Å². The molecule has 0 aliphatic rings. The zero-order chi connectivity index (χ0) is 15.1. The minimum absolute atomic E-state index is 0.0735. The molecule has 1 rings (SSSR count). The summed E-state index contributed by atoms with van der Waals surface area (Å²) in [5.74, 6) is -0.0903. The molecule has 0 fully saturated rings. The van der Waals surface area contributed by atoms with Gasteiger partial charge < -0.3 is 10.6 Å². The second-order valence-electron chi connectivity index (χ2n) is 4.84. The predicted octanol–water partition coefficient (Wildman–Crippen LogP) is 2.89. The number of rotatable bonds is 6. The van der Waals surface area contributed by atoms with Crippen molar-refractivity contribution in [2.45, 2.75) is 20.3 Å². The van der Waals surface area contributed by atoms with Gasteiger partial charge in [0.25, 0.3) is 5.91 Å². The van der Waals surface area contributed by atoms with E-state index in [1.54, 1.807) is 6.07 Å². The van der Waals surface area contributed by atoms with E-state index in [-0.39, 0.29) is 17.5 Å². The highest BCUT2D eigenvalue weighted by molar-refractivity contribution is 6.36. The molecule has 1 aromatic rings. The minimum Gasteiger partial charge on any atom is -0.355 e. The maximum Gasteiger partial charge on any atom is 0.253 e. The molecule has 0 unspecified atom stereocenters. The molecule has 0 saturated carbocycles. The molecule has 4 nitrogen and oxygen atoms in total. The van der Waals surface area contributed by atoms with Crippen molar-refractivity contribution in [3.05, 3.63) is 33.8 Å². The average molecular weight is 317 g/mol. The van der Waals surface area contributed by atoms with E-state index in [0.29, 0.717) is 23.0 Å². The molecule has 6 heteroatoms. The van der Waals surface area contributed by atoms with Crippen molar-refractivity contribution in [2.75, 3.05) is 13.1 Å². The Kier molecular flexibility index (Phi) is 6.82. The lowest BCUT2D eigenvalue weighted by molar-refractivity contribution is -0.120. The van der Waals surface area contributed by atoms with Crippen molar-refractivity contribution >= 4 is 35.0 Å². The molecule has 0 bridgehead atoms. The number of carbonyl (C=O) groups is 2. The van der Waals surface area contributed by atoms with E-state index in [1.807, 2.05) is 0 Å². The van der Waals surface area contributed by atoms with Crippen molar-refractivity contribution in [3.8, 4) is 0 Å². The first kappa shape index (κ1) is 16.8. The van der Waals surface area contributed by atoms with Crippen LogP contribution in [0.1, 0.15) is 30.6 Å². The fourth-order valence-corrected chi connectivity index (χ4v) is 1.99. The lowest BCUT2D eigenvalue weighted by atomic mass is 10.1. The summed E-state index contributed by atoms with van der Waals surface area (Å²) >= 11 is 11.7. The molecule has 20 heavy (non-hydrogen) atoms. The highest BCUT2D eigenvalue weighted by Crippen LogP contribution is 2.20. The fourth-order valence-electron chi connectivity index (χ4n) is 1.49. The molecule has 0 aliphatic carbocycles. The van der Waals surface area contributed by atoms with E-state index in [2.05, 4.69) is 24.5 Å². The van der Waals surface area contributed by atoms with E-state index < -0.39 is 5.91 Å². The zero-order valence-corrected chi connectivity index (χ0v) is 13.0. The van der Waals surface area contributed by atoms with Crippen LogP contribution in [0.15, 0.2) is 18.2 Å². The summed E-state index contributed by atoms with van der Waals surface area (Å²) in [4.78, 5) is 23.4. The quantitative estimate of drug-likeness (QED) is 0.847. The number of benzene rings is 1. The molecule has 0 heterocycles. The molecule has 0 radical (unpaired) electrons. The van der Waals surface area contributed by atoms with E-state index >= 15 is 0 Å². The first-order valence-electron chi connectivity index (χ1n) is 6.40. The first-order valence-corrected chi connectivity index (χ1v) is 7.15. The third-order valence-electron chi connectivity index (χ3n) is 2.63. The highest BCUT2D eigenvalue weighted by atomic mass is 35.5. The van der Waals surface area contributed by atoms with E-state index in [1.165, 1.54) is 12.1 Å².